The molecule has 72 valence electrons. The second kappa shape index (κ2) is 5.54. The van der Waals surface area contributed by atoms with Gasteiger partial charge >= 0.3 is 0 Å². The van der Waals surface area contributed by atoms with Gasteiger partial charge in [0, 0.05) is 0 Å². The maximum atomic E-state index is 13.0. The maximum Gasteiger partial charge on any atom is 0.165 e. The molecule has 0 amide bonds. The first-order chi connectivity index (χ1) is 6.34. The van der Waals surface area contributed by atoms with Gasteiger partial charge < -0.3 is 10.1 Å². The molecular formula is C10H14FNO. The van der Waals surface area contributed by atoms with Crippen LogP contribution in [0.1, 0.15) is 6.42 Å². The molecular weight excluding hydrogens is 169 g/mol. The minimum absolute atomic E-state index is 0.299. The summed E-state index contributed by atoms with van der Waals surface area (Å²) in [4.78, 5) is 0. The van der Waals surface area contributed by atoms with Crippen molar-refractivity contribution >= 4 is 0 Å². The third-order valence-electron chi connectivity index (χ3n) is 1.67. The molecule has 1 rings (SSSR count). The van der Waals surface area contributed by atoms with E-state index in [1.54, 1.807) is 18.2 Å². The van der Waals surface area contributed by atoms with Crippen LogP contribution in [-0.2, 0) is 0 Å². The van der Waals surface area contributed by atoms with Gasteiger partial charge in [0.25, 0.3) is 0 Å². The molecule has 0 spiro atoms. The van der Waals surface area contributed by atoms with E-state index in [0.29, 0.717) is 12.4 Å². The van der Waals surface area contributed by atoms with Crippen LogP contribution in [0.4, 0.5) is 4.39 Å². The number of rotatable bonds is 5. The van der Waals surface area contributed by atoms with E-state index in [1.165, 1.54) is 6.07 Å². The number of nitrogens with one attached hydrogen (secondary N) is 1. The predicted octanol–water partition coefficient (Wildman–Crippen LogP) is 1.81. The van der Waals surface area contributed by atoms with Crippen LogP contribution in [0.15, 0.2) is 24.3 Å². The molecule has 0 atom stereocenters. The van der Waals surface area contributed by atoms with Crippen molar-refractivity contribution in [1.29, 1.82) is 0 Å². The lowest BCUT2D eigenvalue weighted by molar-refractivity contribution is 0.295. The second-order valence-electron chi connectivity index (χ2n) is 2.74. The Bertz CT molecular complexity index is 252. The topological polar surface area (TPSA) is 21.3 Å². The van der Waals surface area contributed by atoms with Gasteiger partial charge in [0.2, 0.25) is 0 Å². The Labute approximate surface area is 77.7 Å². The summed E-state index contributed by atoms with van der Waals surface area (Å²) in [5.41, 5.74) is 0. The fraction of sp³-hybridized carbons (Fsp3) is 0.400. The molecule has 1 aromatic rings. The van der Waals surface area contributed by atoms with Crippen molar-refractivity contribution in [2.24, 2.45) is 0 Å². The molecule has 13 heavy (non-hydrogen) atoms. The van der Waals surface area contributed by atoms with Crippen molar-refractivity contribution in [3.63, 3.8) is 0 Å². The summed E-state index contributed by atoms with van der Waals surface area (Å²) >= 11 is 0. The minimum atomic E-state index is -0.299. The molecule has 2 nitrogen and oxygen atoms in total. The number of hydrogen-bond acceptors (Lipinski definition) is 2. The SMILES string of the molecule is CNCCCOc1ccccc1F. The molecule has 0 aliphatic rings. The molecule has 0 aromatic heterocycles. The summed E-state index contributed by atoms with van der Waals surface area (Å²) in [6.45, 7) is 1.43. The van der Waals surface area contributed by atoms with E-state index < -0.39 is 0 Å². The van der Waals surface area contributed by atoms with Gasteiger partial charge in [-0.05, 0) is 32.1 Å². The Hall–Kier alpha value is -1.09. The van der Waals surface area contributed by atoms with Gasteiger partial charge in [-0.2, -0.15) is 0 Å². The van der Waals surface area contributed by atoms with E-state index >= 15 is 0 Å². The third kappa shape index (κ3) is 3.42. The molecule has 0 radical (unpaired) electrons. The van der Waals surface area contributed by atoms with Gasteiger partial charge in [0.1, 0.15) is 0 Å². The molecule has 0 aliphatic carbocycles. The smallest absolute Gasteiger partial charge is 0.165 e. The molecule has 0 unspecified atom stereocenters. The highest BCUT2D eigenvalue weighted by Gasteiger charge is 1.99. The average molecular weight is 183 g/mol. The second-order valence-corrected chi connectivity index (χ2v) is 2.74. The lowest BCUT2D eigenvalue weighted by atomic mass is 10.3. The molecule has 0 heterocycles. The fourth-order valence-electron chi connectivity index (χ4n) is 0.993. The van der Waals surface area contributed by atoms with Crippen LogP contribution in [0, 0.1) is 5.82 Å². The summed E-state index contributed by atoms with van der Waals surface area (Å²) in [6.07, 6.45) is 0.880. The van der Waals surface area contributed by atoms with Gasteiger partial charge in [0.15, 0.2) is 11.6 Å². The van der Waals surface area contributed by atoms with E-state index in [9.17, 15) is 4.39 Å². The highest BCUT2D eigenvalue weighted by molar-refractivity contribution is 5.23. The lowest BCUT2D eigenvalue weighted by Crippen LogP contribution is -2.11. The van der Waals surface area contributed by atoms with Crippen LogP contribution in [0.3, 0.4) is 0 Å². The first-order valence-corrected chi connectivity index (χ1v) is 4.36. The summed E-state index contributed by atoms with van der Waals surface area (Å²) < 4.78 is 18.2. The number of halogens is 1. The molecule has 0 saturated heterocycles. The van der Waals surface area contributed by atoms with E-state index in [-0.39, 0.29) is 5.82 Å². The fourth-order valence-corrected chi connectivity index (χ4v) is 0.993. The lowest BCUT2D eigenvalue weighted by Gasteiger charge is -2.05. The molecule has 0 aliphatic heterocycles. The van der Waals surface area contributed by atoms with Gasteiger partial charge in [-0.3, -0.25) is 0 Å². The summed E-state index contributed by atoms with van der Waals surface area (Å²) in [5, 5.41) is 2.99. The third-order valence-corrected chi connectivity index (χ3v) is 1.67. The van der Waals surface area contributed by atoms with Gasteiger partial charge in [-0.15, -0.1) is 0 Å². The standard InChI is InChI=1S/C10H14FNO/c1-12-7-4-8-13-10-6-3-2-5-9(10)11/h2-3,5-6,12H,4,7-8H2,1H3. The Morgan fingerprint density at radius 2 is 2.15 bits per heavy atom. The van der Waals surface area contributed by atoms with Gasteiger partial charge in [-0.25, -0.2) is 4.39 Å². The Kier molecular flexibility index (Phi) is 4.26. The zero-order valence-corrected chi connectivity index (χ0v) is 7.72. The number of para-hydroxylation sites is 1. The quantitative estimate of drug-likeness (QED) is 0.703. The molecule has 0 bridgehead atoms. The largest absolute Gasteiger partial charge is 0.490 e. The summed E-state index contributed by atoms with van der Waals surface area (Å²) in [7, 11) is 1.88. The molecule has 0 saturated carbocycles. The molecule has 3 heteroatoms. The van der Waals surface area contributed by atoms with Crippen molar-refractivity contribution in [3.05, 3.63) is 30.1 Å². The van der Waals surface area contributed by atoms with Crippen molar-refractivity contribution in [2.75, 3.05) is 20.2 Å². The van der Waals surface area contributed by atoms with Crippen molar-refractivity contribution < 1.29 is 9.13 Å². The van der Waals surface area contributed by atoms with E-state index in [4.69, 9.17) is 4.74 Å². The predicted molar refractivity (Wildman–Crippen MR) is 50.4 cm³/mol. The van der Waals surface area contributed by atoms with E-state index in [1.807, 2.05) is 7.05 Å². The van der Waals surface area contributed by atoms with Crippen molar-refractivity contribution in [3.8, 4) is 5.75 Å². The number of ether oxygens (including phenoxy) is 1. The van der Waals surface area contributed by atoms with Gasteiger partial charge in [0.05, 0.1) is 6.61 Å². The Balaban J connectivity index is 2.32. The Morgan fingerprint density at radius 1 is 1.38 bits per heavy atom. The molecule has 1 aromatic carbocycles. The van der Waals surface area contributed by atoms with Crippen molar-refractivity contribution in [1.82, 2.24) is 5.32 Å². The van der Waals surface area contributed by atoms with Crippen LogP contribution >= 0.6 is 0 Å². The zero-order valence-electron chi connectivity index (χ0n) is 7.72. The van der Waals surface area contributed by atoms with Crippen LogP contribution in [-0.4, -0.2) is 20.2 Å². The van der Waals surface area contributed by atoms with Crippen LogP contribution in [0.2, 0.25) is 0 Å². The van der Waals surface area contributed by atoms with Crippen molar-refractivity contribution in [2.45, 2.75) is 6.42 Å². The highest BCUT2D eigenvalue weighted by Crippen LogP contribution is 2.15. The summed E-state index contributed by atoms with van der Waals surface area (Å²) in [5.74, 6) is 0.0329. The Morgan fingerprint density at radius 3 is 2.85 bits per heavy atom. The van der Waals surface area contributed by atoms with Crippen LogP contribution in [0.5, 0.6) is 5.75 Å². The minimum Gasteiger partial charge on any atom is -0.490 e. The number of hydrogen-bond donors (Lipinski definition) is 1. The normalized spacial score (nSPS) is 10.0. The van der Waals surface area contributed by atoms with E-state index in [2.05, 4.69) is 5.32 Å². The molecule has 0 fully saturated rings. The van der Waals surface area contributed by atoms with Crippen LogP contribution in [0.25, 0.3) is 0 Å². The molecule has 1 N–H and O–H groups in total. The maximum absolute atomic E-state index is 13.0. The first kappa shape index (κ1) is 9.99. The highest BCUT2D eigenvalue weighted by atomic mass is 19.1. The number of benzene rings is 1. The first-order valence-electron chi connectivity index (χ1n) is 4.36. The summed E-state index contributed by atoms with van der Waals surface area (Å²) in [6, 6.07) is 6.44. The van der Waals surface area contributed by atoms with Gasteiger partial charge in [-0.1, -0.05) is 12.1 Å². The average Bonchev–Trinajstić information content (AvgIpc) is 2.15. The van der Waals surface area contributed by atoms with E-state index in [0.717, 1.165) is 13.0 Å². The zero-order chi connectivity index (χ0) is 9.52. The monoisotopic (exact) mass is 183 g/mol. The van der Waals surface area contributed by atoms with Crippen LogP contribution < -0.4 is 10.1 Å².